The van der Waals surface area contributed by atoms with E-state index in [1.54, 1.807) is 30.3 Å². The van der Waals surface area contributed by atoms with Crippen LogP contribution in [-0.2, 0) is 0 Å². The van der Waals surface area contributed by atoms with Crippen molar-refractivity contribution >= 4 is 0 Å². The molecule has 0 aliphatic rings. The summed E-state index contributed by atoms with van der Waals surface area (Å²) in [5.74, 6) is -0.717. The predicted molar refractivity (Wildman–Crippen MR) is 75.3 cm³/mol. The van der Waals surface area contributed by atoms with E-state index in [0.29, 0.717) is 12.0 Å². The van der Waals surface area contributed by atoms with E-state index in [1.807, 2.05) is 0 Å². The quantitative estimate of drug-likeness (QED) is 0.803. The number of aliphatic hydroxyl groups is 1. The molecule has 0 saturated heterocycles. The van der Waals surface area contributed by atoms with E-state index in [4.69, 9.17) is 0 Å². The van der Waals surface area contributed by atoms with E-state index in [-0.39, 0.29) is 17.6 Å². The molecule has 0 saturated carbocycles. The summed E-state index contributed by atoms with van der Waals surface area (Å²) in [6.45, 7) is 3.76. The lowest BCUT2D eigenvalue weighted by Crippen LogP contribution is -2.04. The summed E-state index contributed by atoms with van der Waals surface area (Å²) >= 11 is 0. The van der Waals surface area contributed by atoms with Crippen molar-refractivity contribution < 1.29 is 13.9 Å². The molecule has 1 N–H and O–H groups in total. The van der Waals surface area contributed by atoms with Crippen LogP contribution in [0.4, 0.5) is 8.78 Å². The molecule has 20 heavy (non-hydrogen) atoms. The average Bonchev–Trinajstić information content (AvgIpc) is 2.46. The topological polar surface area (TPSA) is 20.2 Å². The minimum absolute atomic E-state index is 0.0874. The van der Waals surface area contributed by atoms with Crippen molar-refractivity contribution in [2.75, 3.05) is 0 Å². The van der Waals surface area contributed by atoms with Crippen molar-refractivity contribution in [1.82, 2.24) is 0 Å². The second-order valence-corrected chi connectivity index (χ2v) is 4.70. The van der Waals surface area contributed by atoms with Crippen LogP contribution in [0.2, 0.25) is 0 Å². The third-order valence-corrected chi connectivity index (χ3v) is 3.31. The Bertz CT molecular complexity index is 561. The molecule has 0 heterocycles. The summed E-state index contributed by atoms with van der Waals surface area (Å²) in [6, 6.07) is 11.9. The second-order valence-electron chi connectivity index (χ2n) is 4.70. The van der Waals surface area contributed by atoms with Gasteiger partial charge in [-0.25, -0.2) is 8.78 Å². The molecule has 3 heteroatoms. The van der Waals surface area contributed by atoms with Gasteiger partial charge in [-0.15, -0.1) is 6.58 Å². The molecule has 0 spiro atoms. The van der Waals surface area contributed by atoms with Crippen LogP contribution in [-0.4, -0.2) is 5.11 Å². The minimum Gasteiger partial charge on any atom is -0.388 e. The van der Waals surface area contributed by atoms with Gasteiger partial charge in [-0.3, -0.25) is 0 Å². The monoisotopic (exact) mass is 274 g/mol. The molecule has 0 fully saturated rings. The molecule has 104 valence electrons. The fraction of sp³-hybridized carbons (Fsp3) is 0.176. The first-order chi connectivity index (χ1) is 9.60. The molecule has 0 aliphatic heterocycles. The Morgan fingerprint density at radius 3 is 1.80 bits per heavy atom. The minimum atomic E-state index is -0.719. The van der Waals surface area contributed by atoms with Crippen LogP contribution in [0.15, 0.2) is 61.2 Å². The maximum absolute atomic E-state index is 12.9. The number of allylic oxidation sites excluding steroid dienone is 1. The van der Waals surface area contributed by atoms with Crippen molar-refractivity contribution in [1.29, 1.82) is 0 Å². The molecule has 0 aromatic heterocycles. The highest BCUT2D eigenvalue weighted by Crippen LogP contribution is 2.29. The fourth-order valence-corrected chi connectivity index (χ4v) is 2.14. The normalized spacial score (nSPS) is 13.8. The summed E-state index contributed by atoms with van der Waals surface area (Å²) in [5, 5.41) is 10.2. The Morgan fingerprint density at radius 2 is 1.35 bits per heavy atom. The number of hydrogen-bond acceptors (Lipinski definition) is 1. The highest BCUT2D eigenvalue weighted by Gasteiger charge is 2.15. The van der Waals surface area contributed by atoms with E-state index in [1.165, 1.54) is 24.3 Å². The number of aliphatic hydroxyl groups excluding tert-OH is 1. The predicted octanol–water partition coefficient (Wildman–Crippen LogP) is 4.36. The van der Waals surface area contributed by atoms with Gasteiger partial charge in [-0.1, -0.05) is 30.3 Å². The highest BCUT2D eigenvalue weighted by molar-refractivity contribution is 5.26. The van der Waals surface area contributed by atoms with E-state index in [0.717, 1.165) is 5.56 Å². The molecule has 0 unspecified atom stereocenters. The summed E-state index contributed by atoms with van der Waals surface area (Å²) in [4.78, 5) is 0. The van der Waals surface area contributed by atoms with Gasteiger partial charge in [0.2, 0.25) is 0 Å². The smallest absolute Gasteiger partial charge is 0.123 e. The lowest BCUT2D eigenvalue weighted by atomic mass is 9.91. The van der Waals surface area contributed by atoms with E-state index in [2.05, 4.69) is 6.58 Å². The number of benzene rings is 2. The Morgan fingerprint density at radius 1 is 0.900 bits per heavy atom. The molecule has 2 aromatic rings. The maximum atomic E-state index is 12.9. The van der Waals surface area contributed by atoms with Gasteiger partial charge in [0.1, 0.15) is 11.6 Å². The zero-order valence-corrected chi connectivity index (χ0v) is 11.0. The summed E-state index contributed by atoms with van der Waals surface area (Å²) < 4.78 is 25.8. The molecular weight excluding hydrogens is 258 g/mol. The molecule has 0 radical (unpaired) electrons. The largest absolute Gasteiger partial charge is 0.388 e. The second kappa shape index (κ2) is 6.44. The van der Waals surface area contributed by atoms with Crippen LogP contribution < -0.4 is 0 Å². The Kier molecular flexibility index (Phi) is 4.64. The van der Waals surface area contributed by atoms with Crippen molar-refractivity contribution in [2.45, 2.75) is 18.4 Å². The van der Waals surface area contributed by atoms with Crippen LogP contribution in [0.5, 0.6) is 0 Å². The molecule has 1 nitrogen and oxygen atoms in total. The van der Waals surface area contributed by atoms with E-state index in [9.17, 15) is 13.9 Å². The van der Waals surface area contributed by atoms with Crippen LogP contribution >= 0.6 is 0 Å². The van der Waals surface area contributed by atoms with Gasteiger partial charge < -0.3 is 5.11 Å². The van der Waals surface area contributed by atoms with Gasteiger partial charge in [0, 0.05) is 5.92 Å². The molecule has 0 amide bonds. The van der Waals surface area contributed by atoms with Gasteiger partial charge in [-0.2, -0.15) is 0 Å². The maximum Gasteiger partial charge on any atom is 0.123 e. The fourth-order valence-electron chi connectivity index (χ4n) is 2.14. The van der Waals surface area contributed by atoms with Crippen molar-refractivity contribution in [3.63, 3.8) is 0 Å². The van der Waals surface area contributed by atoms with Crippen LogP contribution in [0.1, 0.15) is 29.6 Å². The molecule has 2 atom stereocenters. The lowest BCUT2D eigenvalue weighted by molar-refractivity contribution is 0.163. The Balaban J connectivity index is 2.11. The van der Waals surface area contributed by atoms with E-state index < -0.39 is 6.10 Å². The van der Waals surface area contributed by atoms with Gasteiger partial charge in [-0.05, 0) is 41.8 Å². The first kappa shape index (κ1) is 14.4. The number of rotatable bonds is 5. The lowest BCUT2D eigenvalue weighted by Gasteiger charge is -2.18. The number of hydrogen-bond donors (Lipinski definition) is 1. The molecule has 2 rings (SSSR count). The molecule has 0 aliphatic carbocycles. The number of halogens is 2. The van der Waals surface area contributed by atoms with Gasteiger partial charge in [0.25, 0.3) is 0 Å². The first-order valence-corrected chi connectivity index (χ1v) is 6.41. The zero-order valence-electron chi connectivity index (χ0n) is 11.0. The first-order valence-electron chi connectivity index (χ1n) is 6.41. The summed E-state index contributed by atoms with van der Waals surface area (Å²) in [7, 11) is 0. The molecule has 2 aromatic carbocycles. The van der Waals surface area contributed by atoms with Crippen molar-refractivity contribution in [3.05, 3.63) is 83.9 Å². The standard InChI is InChI=1S/C17H16F2O/c1-2-12(13-3-7-15(18)8-4-13)11-17(20)14-5-9-16(19)10-6-14/h2-10,12,17,20H,1,11H2/t12-,17-/m0/s1. The summed E-state index contributed by atoms with van der Waals surface area (Å²) in [6.07, 6.45) is 1.42. The van der Waals surface area contributed by atoms with Crippen molar-refractivity contribution in [3.8, 4) is 0 Å². The van der Waals surface area contributed by atoms with Crippen LogP contribution in [0, 0.1) is 11.6 Å². The third-order valence-electron chi connectivity index (χ3n) is 3.31. The van der Waals surface area contributed by atoms with E-state index >= 15 is 0 Å². The van der Waals surface area contributed by atoms with Gasteiger partial charge >= 0.3 is 0 Å². The SMILES string of the molecule is C=C[C@@H](C[C@H](O)c1ccc(F)cc1)c1ccc(F)cc1. The van der Waals surface area contributed by atoms with Gasteiger partial charge in [0.15, 0.2) is 0 Å². The molecular formula is C17H16F2O. The highest BCUT2D eigenvalue weighted by atomic mass is 19.1. The summed E-state index contributed by atoms with van der Waals surface area (Å²) in [5.41, 5.74) is 1.54. The Labute approximate surface area is 117 Å². The zero-order chi connectivity index (χ0) is 14.5. The van der Waals surface area contributed by atoms with Crippen LogP contribution in [0.3, 0.4) is 0 Å². The average molecular weight is 274 g/mol. The third kappa shape index (κ3) is 3.52. The Hall–Kier alpha value is -2.00. The van der Waals surface area contributed by atoms with Crippen LogP contribution in [0.25, 0.3) is 0 Å². The van der Waals surface area contributed by atoms with Crippen molar-refractivity contribution in [2.24, 2.45) is 0 Å². The van der Waals surface area contributed by atoms with Gasteiger partial charge in [0.05, 0.1) is 6.10 Å². The molecule has 0 bridgehead atoms.